The molecule has 3 rings (SSSR count). The molecule has 1 aromatic carbocycles. The second-order valence-corrected chi connectivity index (χ2v) is 5.22. The molecule has 1 N–H and O–H groups in total. The second-order valence-electron chi connectivity index (χ2n) is 5.22. The van der Waals surface area contributed by atoms with Gasteiger partial charge in [0.1, 0.15) is 0 Å². The van der Waals surface area contributed by atoms with E-state index in [1.165, 1.54) is 24.0 Å². The zero-order valence-electron chi connectivity index (χ0n) is 9.46. The maximum absolute atomic E-state index is 11.2. The lowest BCUT2D eigenvalue weighted by molar-refractivity contribution is -0.124. The molecule has 2 aliphatic rings. The molecule has 1 unspecified atom stereocenters. The number of nitrogens with one attached hydrogen (secondary N) is 1. The van der Waals surface area contributed by atoms with Gasteiger partial charge in [-0.25, -0.2) is 0 Å². The van der Waals surface area contributed by atoms with Gasteiger partial charge in [0, 0.05) is 13.0 Å². The smallest absolute Gasteiger partial charge is 0.220 e. The molecule has 1 spiro atoms. The highest BCUT2D eigenvalue weighted by Crippen LogP contribution is 2.40. The number of hydrogen-bond acceptors (Lipinski definition) is 1. The number of carbonyl (C=O) groups is 1. The molecular weight excluding hydrogens is 198 g/mol. The molecule has 0 aromatic heterocycles. The summed E-state index contributed by atoms with van der Waals surface area (Å²) >= 11 is 0. The van der Waals surface area contributed by atoms with Crippen LogP contribution < -0.4 is 5.32 Å². The summed E-state index contributed by atoms with van der Waals surface area (Å²) in [4.78, 5) is 11.2. The highest BCUT2D eigenvalue weighted by Gasteiger charge is 2.37. The van der Waals surface area contributed by atoms with Crippen molar-refractivity contribution in [3.05, 3.63) is 35.4 Å². The van der Waals surface area contributed by atoms with Crippen molar-refractivity contribution in [1.29, 1.82) is 0 Å². The average Bonchev–Trinajstić information content (AvgIpc) is 2.33. The molecular formula is C14H17NO. The summed E-state index contributed by atoms with van der Waals surface area (Å²) in [7, 11) is 0. The standard InChI is InChI=1S/C14H17NO/c16-13-6-8-14(10-15-13)7-5-11-3-1-2-4-12(11)9-14/h1-4H,5-10H2,(H,15,16). The first-order valence-electron chi connectivity index (χ1n) is 6.11. The third-order valence-electron chi connectivity index (χ3n) is 4.15. The first kappa shape index (κ1) is 9.88. The molecule has 0 bridgehead atoms. The zero-order valence-corrected chi connectivity index (χ0v) is 9.46. The molecule has 1 saturated heterocycles. The Morgan fingerprint density at radius 3 is 2.56 bits per heavy atom. The fourth-order valence-electron chi connectivity index (χ4n) is 3.07. The minimum Gasteiger partial charge on any atom is -0.356 e. The van der Waals surface area contributed by atoms with Crippen molar-refractivity contribution in [1.82, 2.24) is 5.32 Å². The number of hydrogen-bond donors (Lipinski definition) is 1. The average molecular weight is 215 g/mol. The van der Waals surface area contributed by atoms with Gasteiger partial charge < -0.3 is 5.32 Å². The highest BCUT2D eigenvalue weighted by molar-refractivity contribution is 5.76. The van der Waals surface area contributed by atoms with Gasteiger partial charge in [0.2, 0.25) is 5.91 Å². The molecule has 1 aliphatic heterocycles. The monoisotopic (exact) mass is 215 g/mol. The van der Waals surface area contributed by atoms with Crippen LogP contribution in [0, 0.1) is 5.41 Å². The molecule has 2 nitrogen and oxygen atoms in total. The number of rotatable bonds is 0. The van der Waals surface area contributed by atoms with E-state index < -0.39 is 0 Å². The van der Waals surface area contributed by atoms with E-state index in [-0.39, 0.29) is 5.91 Å². The van der Waals surface area contributed by atoms with E-state index in [0.29, 0.717) is 11.8 Å². The van der Waals surface area contributed by atoms with Crippen molar-refractivity contribution >= 4 is 5.91 Å². The molecule has 1 fully saturated rings. The Labute approximate surface area is 96.1 Å². The van der Waals surface area contributed by atoms with Crippen LogP contribution in [0.25, 0.3) is 0 Å². The quantitative estimate of drug-likeness (QED) is 0.705. The fraction of sp³-hybridized carbons (Fsp3) is 0.500. The predicted octanol–water partition coefficient (Wildman–Crippen LogP) is 2.07. The van der Waals surface area contributed by atoms with Gasteiger partial charge >= 0.3 is 0 Å². The van der Waals surface area contributed by atoms with Crippen molar-refractivity contribution in [2.45, 2.75) is 32.1 Å². The van der Waals surface area contributed by atoms with Crippen LogP contribution in [0.4, 0.5) is 0 Å². The minimum absolute atomic E-state index is 0.226. The number of fused-ring (bicyclic) bond motifs is 1. The third-order valence-corrected chi connectivity index (χ3v) is 4.15. The molecule has 1 atom stereocenters. The number of carbonyl (C=O) groups excluding carboxylic acids is 1. The predicted molar refractivity (Wildman–Crippen MR) is 63.1 cm³/mol. The van der Waals surface area contributed by atoms with Crippen molar-refractivity contribution < 1.29 is 4.79 Å². The van der Waals surface area contributed by atoms with Crippen LogP contribution in [0.3, 0.4) is 0 Å². The lowest BCUT2D eigenvalue weighted by atomic mass is 9.68. The zero-order chi connectivity index (χ0) is 11.0. The van der Waals surface area contributed by atoms with E-state index in [0.717, 1.165) is 19.4 Å². The number of aryl methyl sites for hydroxylation is 1. The SMILES string of the molecule is O=C1CCC2(CCc3ccccc3C2)CN1. The van der Waals surface area contributed by atoms with Gasteiger partial charge in [-0.15, -0.1) is 0 Å². The first-order valence-corrected chi connectivity index (χ1v) is 6.11. The molecule has 1 aromatic rings. The van der Waals surface area contributed by atoms with Crippen molar-refractivity contribution in [3.63, 3.8) is 0 Å². The first-order chi connectivity index (χ1) is 7.77. The summed E-state index contributed by atoms with van der Waals surface area (Å²) in [5.74, 6) is 0.226. The van der Waals surface area contributed by atoms with Gasteiger partial charge in [0.15, 0.2) is 0 Å². The summed E-state index contributed by atoms with van der Waals surface area (Å²) in [5, 5.41) is 3.03. The molecule has 2 heteroatoms. The van der Waals surface area contributed by atoms with E-state index in [1.807, 2.05) is 0 Å². The van der Waals surface area contributed by atoms with Crippen LogP contribution in [0.5, 0.6) is 0 Å². The second kappa shape index (κ2) is 3.62. The van der Waals surface area contributed by atoms with Gasteiger partial charge in [-0.2, -0.15) is 0 Å². The molecule has 1 aliphatic carbocycles. The van der Waals surface area contributed by atoms with Crippen LogP contribution in [-0.4, -0.2) is 12.5 Å². The van der Waals surface area contributed by atoms with Crippen LogP contribution in [0.15, 0.2) is 24.3 Å². The van der Waals surface area contributed by atoms with Crippen molar-refractivity contribution in [2.75, 3.05) is 6.54 Å². The van der Waals surface area contributed by atoms with Gasteiger partial charge in [-0.05, 0) is 42.2 Å². The summed E-state index contributed by atoms with van der Waals surface area (Å²) in [6.07, 6.45) is 5.31. The topological polar surface area (TPSA) is 29.1 Å². The Morgan fingerprint density at radius 2 is 1.81 bits per heavy atom. The van der Waals surface area contributed by atoms with E-state index >= 15 is 0 Å². The van der Waals surface area contributed by atoms with Gasteiger partial charge in [0.25, 0.3) is 0 Å². The van der Waals surface area contributed by atoms with Crippen molar-refractivity contribution in [2.24, 2.45) is 5.41 Å². The minimum atomic E-state index is 0.226. The van der Waals surface area contributed by atoms with Crippen molar-refractivity contribution in [3.8, 4) is 0 Å². The maximum Gasteiger partial charge on any atom is 0.220 e. The lowest BCUT2D eigenvalue weighted by Gasteiger charge is -2.41. The van der Waals surface area contributed by atoms with Crippen LogP contribution in [-0.2, 0) is 17.6 Å². The number of benzene rings is 1. The molecule has 1 heterocycles. The normalized spacial score (nSPS) is 28.6. The summed E-state index contributed by atoms with van der Waals surface area (Å²) in [6, 6.07) is 8.73. The largest absolute Gasteiger partial charge is 0.356 e. The molecule has 0 saturated carbocycles. The van der Waals surface area contributed by atoms with Gasteiger partial charge in [-0.3, -0.25) is 4.79 Å². The highest BCUT2D eigenvalue weighted by atomic mass is 16.1. The van der Waals surface area contributed by atoms with E-state index in [2.05, 4.69) is 29.6 Å². The Bertz CT molecular complexity index is 414. The number of amides is 1. The molecule has 0 radical (unpaired) electrons. The molecule has 1 amide bonds. The van der Waals surface area contributed by atoms with Gasteiger partial charge in [-0.1, -0.05) is 24.3 Å². The van der Waals surface area contributed by atoms with E-state index in [1.54, 1.807) is 0 Å². The van der Waals surface area contributed by atoms with Crippen LogP contribution in [0.2, 0.25) is 0 Å². The van der Waals surface area contributed by atoms with Crippen LogP contribution in [0.1, 0.15) is 30.4 Å². The van der Waals surface area contributed by atoms with Gasteiger partial charge in [0.05, 0.1) is 0 Å². The Hall–Kier alpha value is -1.31. The Morgan fingerprint density at radius 1 is 1.06 bits per heavy atom. The number of piperidine rings is 1. The third kappa shape index (κ3) is 1.62. The van der Waals surface area contributed by atoms with E-state index in [9.17, 15) is 4.79 Å². The maximum atomic E-state index is 11.2. The fourth-order valence-corrected chi connectivity index (χ4v) is 3.07. The summed E-state index contributed by atoms with van der Waals surface area (Å²) in [5.41, 5.74) is 3.34. The van der Waals surface area contributed by atoms with E-state index in [4.69, 9.17) is 0 Å². The Balaban J connectivity index is 1.84. The summed E-state index contributed by atoms with van der Waals surface area (Å²) < 4.78 is 0. The Kier molecular flexibility index (Phi) is 2.23. The lowest BCUT2D eigenvalue weighted by Crippen LogP contribution is -2.46. The van der Waals surface area contributed by atoms with Crippen LogP contribution >= 0.6 is 0 Å². The summed E-state index contributed by atoms with van der Waals surface area (Å²) in [6.45, 7) is 0.875. The molecule has 84 valence electrons. The molecule has 16 heavy (non-hydrogen) atoms.